The minimum Gasteiger partial charge on any atom is -0.367 e. The Bertz CT molecular complexity index is 203. The van der Waals surface area contributed by atoms with Crippen LogP contribution in [0.5, 0.6) is 0 Å². The Morgan fingerprint density at radius 3 is 2.07 bits per heavy atom. The number of carbonyl (C=O) groups is 1. The van der Waals surface area contributed by atoms with E-state index < -0.39 is 0 Å². The lowest BCUT2D eigenvalue weighted by Crippen LogP contribution is -2.35. The standard InChI is InChI=1S/C13H24O2/c1-9(2)12(14)13(10(3)4)15-11-7-5-6-8-11/h9-11,13H,5-8H2,1-4H3/t13-/m0/s1. The molecule has 1 aliphatic carbocycles. The van der Waals surface area contributed by atoms with Gasteiger partial charge in [-0.05, 0) is 18.8 Å². The van der Waals surface area contributed by atoms with E-state index >= 15 is 0 Å². The number of carbonyl (C=O) groups excluding carboxylic acids is 1. The van der Waals surface area contributed by atoms with Crippen LogP contribution in [0.15, 0.2) is 0 Å². The maximum atomic E-state index is 11.9. The highest BCUT2D eigenvalue weighted by Gasteiger charge is 2.29. The quantitative estimate of drug-likeness (QED) is 0.699. The van der Waals surface area contributed by atoms with Gasteiger partial charge in [-0.25, -0.2) is 0 Å². The van der Waals surface area contributed by atoms with E-state index in [1.165, 1.54) is 12.8 Å². The van der Waals surface area contributed by atoms with Gasteiger partial charge in [-0.1, -0.05) is 40.5 Å². The third-order valence-electron chi connectivity index (χ3n) is 3.10. The summed E-state index contributed by atoms with van der Waals surface area (Å²) in [4.78, 5) is 11.9. The number of hydrogen-bond acceptors (Lipinski definition) is 2. The summed E-state index contributed by atoms with van der Waals surface area (Å²) in [5, 5.41) is 0. The van der Waals surface area contributed by atoms with Gasteiger partial charge in [-0.3, -0.25) is 4.79 Å². The summed E-state index contributed by atoms with van der Waals surface area (Å²) < 4.78 is 5.95. The molecule has 0 aliphatic heterocycles. The molecule has 0 saturated heterocycles. The zero-order valence-corrected chi connectivity index (χ0v) is 10.5. The fourth-order valence-corrected chi connectivity index (χ4v) is 2.11. The molecule has 15 heavy (non-hydrogen) atoms. The molecule has 0 N–H and O–H groups in total. The molecule has 0 radical (unpaired) electrons. The molecule has 1 rings (SSSR count). The van der Waals surface area contributed by atoms with Gasteiger partial charge in [0, 0.05) is 5.92 Å². The number of rotatable bonds is 5. The fraction of sp³-hybridized carbons (Fsp3) is 0.923. The molecule has 0 aromatic rings. The van der Waals surface area contributed by atoms with Gasteiger partial charge in [0.05, 0.1) is 6.10 Å². The van der Waals surface area contributed by atoms with Gasteiger partial charge >= 0.3 is 0 Å². The van der Waals surface area contributed by atoms with Crippen molar-refractivity contribution in [2.75, 3.05) is 0 Å². The van der Waals surface area contributed by atoms with Crippen LogP contribution < -0.4 is 0 Å². The monoisotopic (exact) mass is 212 g/mol. The number of Topliss-reactive ketones (excluding diaryl/α,β-unsaturated/α-hetero) is 1. The smallest absolute Gasteiger partial charge is 0.164 e. The molecule has 0 unspecified atom stereocenters. The Kier molecular flexibility index (Phi) is 4.78. The molecule has 0 bridgehead atoms. The molecule has 1 saturated carbocycles. The Morgan fingerprint density at radius 1 is 1.13 bits per heavy atom. The maximum Gasteiger partial charge on any atom is 0.164 e. The largest absolute Gasteiger partial charge is 0.367 e. The molecule has 0 spiro atoms. The van der Waals surface area contributed by atoms with Crippen molar-refractivity contribution >= 4 is 5.78 Å². The molecule has 1 atom stereocenters. The van der Waals surface area contributed by atoms with Crippen molar-refractivity contribution in [3.63, 3.8) is 0 Å². The Balaban J connectivity index is 2.53. The second-order valence-electron chi connectivity index (χ2n) is 5.26. The summed E-state index contributed by atoms with van der Waals surface area (Å²) in [5.41, 5.74) is 0. The first-order valence-corrected chi connectivity index (χ1v) is 6.21. The van der Waals surface area contributed by atoms with E-state index in [4.69, 9.17) is 4.74 Å². The van der Waals surface area contributed by atoms with Gasteiger partial charge in [-0.2, -0.15) is 0 Å². The van der Waals surface area contributed by atoms with Crippen LogP contribution >= 0.6 is 0 Å². The van der Waals surface area contributed by atoms with Gasteiger partial charge < -0.3 is 4.74 Å². The van der Waals surface area contributed by atoms with Gasteiger partial charge in [0.25, 0.3) is 0 Å². The molecular weight excluding hydrogens is 188 g/mol. The molecule has 0 aromatic heterocycles. The Hall–Kier alpha value is -0.370. The van der Waals surface area contributed by atoms with Gasteiger partial charge in [0.2, 0.25) is 0 Å². The summed E-state index contributed by atoms with van der Waals surface area (Å²) >= 11 is 0. The minimum absolute atomic E-state index is 0.0822. The first kappa shape index (κ1) is 12.7. The van der Waals surface area contributed by atoms with Crippen molar-refractivity contribution in [3.8, 4) is 0 Å². The average Bonchev–Trinajstić information content (AvgIpc) is 2.64. The lowest BCUT2D eigenvalue weighted by Gasteiger charge is -2.25. The second-order valence-corrected chi connectivity index (χ2v) is 5.26. The highest BCUT2D eigenvalue weighted by atomic mass is 16.5. The molecule has 2 nitrogen and oxygen atoms in total. The number of ketones is 1. The van der Waals surface area contributed by atoms with Crippen LogP contribution in [0.4, 0.5) is 0 Å². The van der Waals surface area contributed by atoms with Crippen molar-refractivity contribution in [1.29, 1.82) is 0 Å². The predicted molar refractivity (Wildman–Crippen MR) is 61.8 cm³/mol. The van der Waals surface area contributed by atoms with E-state index in [0.717, 1.165) is 12.8 Å². The minimum atomic E-state index is -0.187. The molecule has 0 heterocycles. The third-order valence-corrected chi connectivity index (χ3v) is 3.10. The molecule has 1 fully saturated rings. The highest BCUT2D eigenvalue weighted by molar-refractivity contribution is 5.85. The van der Waals surface area contributed by atoms with Crippen molar-refractivity contribution in [1.82, 2.24) is 0 Å². The predicted octanol–water partition coefficient (Wildman–Crippen LogP) is 3.20. The van der Waals surface area contributed by atoms with E-state index in [9.17, 15) is 4.79 Å². The van der Waals surface area contributed by atoms with E-state index in [1.54, 1.807) is 0 Å². The van der Waals surface area contributed by atoms with Crippen LogP contribution in [0.3, 0.4) is 0 Å². The van der Waals surface area contributed by atoms with Crippen LogP contribution in [0.2, 0.25) is 0 Å². The third kappa shape index (κ3) is 3.60. The summed E-state index contributed by atoms with van der Waals surface area (Å²) in [6.45, 7) is 8.05. The maximum absolute atomic E-state index is 11.9. The van der Waals surface area contributed by atoms with E-state index in [0.29, 0.717) is 12.0 Å². The van der Waals surface area contributed by atoms with Crippen molar-refractivity contribution in [2.45, 2.75) is 65.6 Å². The molecule has 88 valence electrons. The van der Waals surface area contributed by atoms with E-state index in [1.807, 2.05) is 13.8 Å². The number of ether oxygens (including phenoxy) is 1. The number of hydrogen-bond donors (Lipinski definition) is 0. The molecule has 0 aromatic carbocycles. The van der Waals surface area contributed by atoms with Crippen LogP contribution in [0.25, 0.3) is 0 Å². The fourth-order valence-electron chi connectivity index (χ4n) is 2.11. The van der Waals surface area contributed by atoms with E-state index in [-0.39, 0.29) is 17.8 Å². The second kappa shape index (κ2) is 5.64. The normalized spacial score (nSPS) is 20.1. The van der Waals surface area contributed by atoms with Gasteiger partial charge in [0.15, 0.2) is 5.78 Å². The zero-order valence-electron chi connectivity index (χ0n) is 10.5. The van der Waals surface area contributed by atoms with Crippen LogP contribution in [-0.2, 0) is 9.53 Å². The van der Waals surface area contributed by atoms with E-state index in [2.05, 4.69) is 13.8 Å². The van der Waals surface area contributed by atoms with Crippen molar-refractivity contribution < 1.29 is 9.53 Å². The first-order valence-electron chi connectivity index (χ1n) is 6.21. The lowest BCUT2D eigenvalue weighted by molar-refractivity contribution is -0.141. The Labute approximate surface area is 93.4 Å². The van der Waals surface area contributed by atoms with Gasteiger partial charge in [-0.15, -0.1) is 0 Å². The molecule has 0 amide bonds. The Morgan fingerprint density at radius 2 is 1.67 bits per heavy atom. The van der Waals surface area contributed by atoms with Gasteiger partial charge in [0.1, 0.15) is 6.10 Å². The summed E-state index contributed by atoms with van der Waals surface area (Å²) in [6.07, 6.45) is 4.92. The topological polar surface area (TPSA) is 26.3 Å². The first-order chi connectivity index (χ1) is 7.02. The van der Waals surface area contributed by atoms with Crippen LogP contribution in [0.1, 0.15) is 53.4 Å². The molecule has 2 heteroatoms. The highest BCUT2D eigenvalue weighted by Crippen LogP contribution is 2.25. The summed E-state index contributed by atoms with van der Waals surface area (Å²) in [6, 6.07) is 0. The van der Waals surface area contributed by atoms with Crippen LogP contribution in [-0.4, -0.2) is 18.0 Å². The molecule has 1 aliphatic rings. The molecular formula is C13H24O2. The SMILES string of the molecule is CC(C)C(=O)[C@@H](OC1CCCC1)C(C)C. The lowest BCUT2D eigenvalue weighted by atomic mass is 9.95. The van der Waals surface area contributed by atoms with Crippen LogP contribution in [0, 0.1) is 11.8 Å². The zero-order chi connectivity index (χ0) is 11.4. The summed E-state index contributed by atoms with van der Waals surface area (Å²) in [7, 11) is 0. The van der Waals surface area contributed by atoms with Crippen molar-refractivity contribution in [2.24, 2.45) is 11.8 Å². The average molecular weight is 212 g/mol. The van der Waals surface area contributed by atoms with Crippen molar-refractivity contribution in [3.05, 3.63) is 0 Å². The summed E-state index contributed by atoms with van der Waals surface area (Å²) in [5.74, 6) is 0.635.